The van der Waals surface area contributed by atoms with E-state index >= 15 is 4.39 Å². The van der Waals surface area contributed by atoms with Crippen LogP contribution in [-0.4, -0.2) is 101 Å². The van der Waals surface area contributed by atoms with Gasteiger partial charge in [-0.3, -0.25) is 14.5 Å². The van der Waals surface area contributed by atoms with Crippen molar-refractivity contribution >= 4 is 27.3 Å². The molecule has 9 nitrogen and oxygen atoms in total. The third-order valence-electron chi connectivity index (χ3n) is 12.4. The number of amides is 2. The van der Waals surface area contributed by atoms with E-state index < -0.39 is 15.5 Å². The van der Waals surface area contributed by atoms with Crippen LogP contribution >= 0.6 is 0 Å². The zero-order chi connectivity index (χ0) is 38.1. The minimum atomic E-state index is -3.79. The van der Waals surface area contributed by atoms with Crippen LogP contribution in [0.5, 0.6) is 0 Å². The lowest BCUT2D eigenvalue weighted by Crippen LogP contribution is -2.65. The highest BCUT2D eigenvalue weighted by Gasteiger charge is 2.53. The quantitative estimate of drug-likeness (QED) is 0.226. The predicted octanol–water partition coefficient (Wildman–Crippen LogP) is 5.37. The Morgan fingerprint density at radius 1 is 0.907 bits per heavy atom. The van der Waals surface area contributed by atoms with Gasteiger partial charge in [-0.05, 0) is 142 Å². The Hall–Kier alpha value is -4.13. The van der Waals surface area contributed by atoms with E-state index in [-0.39, 0.29) is 63.8 Å². The fourth-order valence-corrected chi connectivity index (χ4v) is 10.9. The lowest BCUT2D eigenvalue weighted by Gasteiger charge is -2.54. The van der Waals surface area contributed by atoms with Crippen molar-refractivity contribution in [3.63, 3.8) is 0 Å². The largest absolute Gasteiger partial charge is 0.365 e. The summed E-state index contributed by atoms with van der Waals surface area (Å²) in [6.07, 6.45) is 7.02. The molecular formula is C42H51F2N5O4S. The average Bonchev–Trinajstić information content (AvgIpc) is 3.62. The van der Waals surface area contributed by atoms with E-state index in [2.05, 4.69) is 33.1 Å². The molecule has 3 atom stereocenters. The molecule has 288 valence electrons. The summed E-state index contributed by atoms with van der Waals surface area (Å²) in [4.78, 5) is 31.3. The number of halogens is 2. The Morgan fingerprint density at radius 2 is 1.57 bits per heavy atom. The SMILES string of the molecule is C=CC(=O)N[C@H]1CCC[C@@H]1C(CN1CCC1)(c1cccc(F)c1)C1CCN(CC2(F)CN(c3ccc(S(=O)(=O)c4ccc(C(=O)NC)cc4)cc3)C2)CC1. The maximum Gasteiger partial charge on any atom is 0.251 e. The highest BCUT2D eigenvalue weighted by molar-refractivity contribution is 7.91. The number of carbonyl (C=O) groups is 2. The van der Waals surface area contributed by atoms with Gasteiger partial charge in [0.15, 0.2) is 5.67 Å². The number of nitrogens with one attached hydrogen (secondary N) is 2. The topological polar surface area (TPSA) is 102 Å². The Bertz CT molecular complexity index is 1940. The molecule has 2 N–H and O–H groups in total. The molecule has 4 fully saturated rings. The Balaban J connectivity index is 1.01. The number of anilines is 1. The van der Waals surface area contributed by atoms with Crippen molar-refractivity contribution < 1.29 is 26.8 Å². The average molecular weight is 760 g/mol. The number of piperidine rings is 1. The van der Waals surface area contributed by atoms with E-state index in [4.69, 9.17) is 0 Å². The van der Waals surface area contributed by atoms with Crippen LogP contribution in [0.2, 0.25) is 0 Å². The van der Waals surface area contributed by atoms with Gasteiger partial charge in [0.05, 0.1) is 22.9 Å². The molecule has 0 spiro atoms. The summed E-state index contributed by atoms with van der Waals surface area (Å²) >= 11 is 0. The van der Waals surface area contributed by atoms with E-state index in [1.165, 1.54) is 43.5 Å². The van der Waals surface area contributed by atoms with E-state index in [9.17, 15) is 22.4 Å². The summed E-state index contributed by atoms with van der Waals surface area (Å²) in [7, 11) is -2.28. The maximum atomic E-state index is 16.2. The van der Waals surface area contributed by atoms with Crippen LogP contribution in [0, 0.1) is 17.7 Å². The molecular weight excluding hydrogens is 709 g/mol. The molecule has 7 rings (SSSR count). The first-order valence-electron chi connectivity index (χ1n) is 19.2. The number of alkyl halides is 1. The second-order valence-corrected chi connectivity index (χ2v) is 17.6. The van der Waals surface area contributed by atoms with Crippen molar-refractivity contribution in [3.8, 4) is 0 Å². The molecule has 1 saturated carbocycles. The molecule has 0 bridgehead atoms. The summed E-state index contributed by atoms with van der Waals surface area (Å²) in [5.74, 6) is -0.338. The Kier molecular flexibility index (Phi) is 11.0. The summed E-state index contributed by atoms with van der Waals surface area (Å²) in [5.41, 5.74) is 0.381. The van der Waals surface area contributed by atoms with Gasteiger partial charge < -0.3 is 20.4 Å². The van der Waals surface area contributed by atoms with Gasteiger partial charge in [0.1, 0.15) is 5.82 Å². The molecule has 0 radical (unpaired) electrons. The third kappa shape index (κ3) is 7.57. The number of nitrogens with zero attached hydrogens (tertiary/aromatic N) is 3. The van der Waals surface area contributed by atoms with Crippen molar-refractivity contribution in [1.82, 2.24) is 20.4 Å². The number of hydrogen-bond acceptors (Lipinski definition) is 7. The van der Waals surface area contributed by atoms with Gasteiger partial charge in [0, 0.05) is 42.8 Å². The van der Waals surface area contributed by atoms with Gasteiger partial charge in [0.25, 0.3) is 5.91 Å². The van der Waals surface area contributed by atoms with Crippen LogP contribution in [0.4, 0.5) is 14.5 Å². The molecule has 54 heavy (non-hydrogen) atoms. The minimum absolute atomic E-state index is 0.0240. The number of rotatable bonds is 13. The summed E-state index contributed by atoms with van der Waals surface area (Å²) in [6, 6.07) is 19.4. The lowest BCUT2D eigenvalue weighted by atomic mass is 9.57. The van der Waals surface area contributed by atoms with Crippen molar-refractivity contribution in [2.24, 2.45) is 11.8 Å². The van der Waals surface area contributed by atoms with Gasteiger partial charge >= 0.3 is 0 Å². The van der Waals surface area contributed by atoms with Crippen LogP contribution in [0.1, 0.15) is 54.4 Å². The molecule has 1 aliphatic carbocycles. The Morgan fingerprint density at radius 3 is 2.17 bits per heavy atom. The minimum Gasteiger partial charge on any atom is -0.365 e. The molecule has 4 aliphatic rings. The highest BCUT2D eigenvalue weighted by Crippen LogP contribution is 2.51. The monoisotopic (exact) mass is 759 g/mol. The molecule has 3 aliphatic heterocycles. The second-order valence-electron chi connectivity index (χ2n) is 15.7. The number of likely N-dealkylation sites (tertiary alicyclic amines) is 2. The van der Waals surface area contributed by atoms with Crippen molar-refractivity contribution in [2.45, 2.75) is 65.4 Å². The molecule has 2 amide bonds. The summed E-state index contributed by atoms with van der Waals surface area (Å²) in [6.45, 7) is 8.75. The predicted molar refractivity (Wildman–Crippen MR) is 206 cm³/mol. The molecule has 3 saturated heterocycles. The maximum absolute atomic E-state index is 16.2. The van der Waals surface area contributed by atoms with Crippen LogP contribution < -0.4 is 15.5 Å². The lowest BCUT2D eigenvalue weighted by molar-refractivity contribution is -0.117. The van der Waals surface area contributed by atoms with Crippen LogP contribution in [-0.2, 0) is 20.0 Å². The molecule has 1 unspecified atom stereocenters. The Labute approximate surface area is 317 Å². The van der Waals surface area contributed by atoms with Crippen molar-refractivity contribution in [1.29, 1.82) is 0 Å². The van der Waals surface area contributed by atoms with E-state index in [1.54, 1.807) is 30.3 Å². The molecule has 0 aromatic heterocycles. The number of carbonyl (C=O) groups excluding carboxylic acids is 2. The standard InChI is InChI=1S/C42H51F2N5O4S/c1-3-39(50)46-38-10-5-9-37(38)42(29-47-21-6-22-47,32-7-4-8-33(43)25-32)31-19-23-48(24-20-31)26-41(44)27-49(28-41)34-13-17-36(18-14-34)54(52,53)35-15-11-30(12-16-35)40(51)45-2/h3-4,7-8,11-18,25,31,37-38H,1,5-6,9-10,19-24,26-29H2,2H3,(H,45,51)(H,46,50)/t37-,38-,42?/m0/s1. The van der Waals surface area contributed by atoms with E-state index in [0.717, 1.165) is 82.5 Å². The highest BCUT2D eigenvalue weighted by atomic mass is 32.2. The summed E-state index contributed by atoms with van der Waals surface area (Å²) in [5, 5.41) is 5.76. The number of sulfone groups is 1. The van der Waals surface area contributed by atoms with Gasteiger partial charge in [0.2, 0.25) is 15.7 Å². The zero-order valence-corrected chi connectivity index (χ0v) is 31.8. The fraction of sp³-hybridized carbons (Fsp3) is 0.476. The van der Waals surface area contributed by atoms with Crippen molar-refractivity contribution in [3.05, 3.63) is 102 Å². The molecule has 3 heterocycles. The second kappa shape index (κ2) is 15.5. The van der Waals surface area contributed by atoms with Gasteiger partial charge in [-0.25, -0.2) is 17.2 Å². The van der Waals surface area contributed by atoms with Gasteiger partial charge in [-0.2, -0.15) is 0 Å². The zero-order valence-electron chi connectivity index (χ0n) is 31.0. The summed E-state index contributed by atoms with van der Waals surface area (Å²) < 4.78 is 57.7. The molecule has 3 aromatic carbocycles. The van der Waals surface area contributed by atoms with Gasteiger partial charge in [-0.1, -0.05) is 25.1 Å². The van der Waals surface area contributed by atoms with E-state index in [0.29, 0.717) is 12.1 Å². The molecule has 3 aromatic rings. The third-order valence-corrected chi connectivity index (χ3v) is 14.2. The number of benzene rings is 3. The van der Waals surface area contributed by atoms with E-state index in [1.807, 2.05) is 11.0 Å². The number of hydrogen-bond donors (Lipinski definition) is 2. The van der Waals surface area contributed by atoms with Crippen LogP contribution in [0.3, 0.4) is 0 Å². The van der Waals surface area contributed by atoms with Gasteiger partial charge in [-0.15, -0.1) is 0 Å². The first kappa shape index (κ1) is 38.2. The first-order valence-corrected chi connectivity index (χ1v) is 20.7. The fourth-order valence-electron chi connectivity index (χ4n) is 9.60. The first-order chi connectivity index (χ1) is 25.9. The smallest absolute Gasteiger partial charge is 0.251 e. The van der Waals surface area contributed by atoms with Crippen molar-refractivity contribution in [2.75, 3.05) is 64.3 Å². The molecule has 12 heteroatoms. The van der Waals surface area contributed by atoms with Crippen LogP contribution in [0.15, 0.2) is 95.2 Å². The van der Waals surface area contributed by atoms with Crippen LogP contribution in [0.25, 0.3) is 0 Å². The normalized spacial score (nSPS) is 23.1.